The van der Waals surface area contributed by atoms with E-state index >= 15 is 0 Å². The van der Waals surface area contributed by atoms with Gasteiger partial charge in [-0.25, -0.2) is 4.98 Å². The maximum Gasteiger partial charge on any atom is 0.311 e. The van der Waals surface area contributed by atoms with Gasteiger partial charge in [-0.2, -0.15) is 17.4 Å². The number of hydrogen-bond acceptors (Lipinski definition) is 8. The summed E-state index contributed by atoms with van der Waals surface area (Å²) in [6.07, 6.45) is -0.0272. The summed E-state index contributed by atoms with van der Waals surface area (Å²) in [5.41, 5.74) is 4.23. The molecule has 0 radical (unpaired) electrons. The Labute approximate surface area is 234 Å². The van der Waals surface area contributed by atoms with Crippen LogP contribution in [0.25, 0.3) is 16.6 Å². The number of fused-ring (bicyclic) bond motifs is 1. The number of aliphatic hydroxyl groups is 1. The van der Waals surface area contributed by atoms with Gasteiger partial charge in [-0.15, -0.1) is 0 Å². The van der Waals surface area contributed by atoms with Crippen molar-refractivity contribution in [2.75, 3.05) is 14.1 Å². The number of aromatic nitrogens is 2. The average Bonchev–Trinajstić information content (AvgIpc) is 3.33. The lowest BCUT2D eigenvalue weighted by atomic mass is 9.76. The molecule has 2 aromatic carbocycles. The first-order chi connectivity index (χ1) is 19.2. The molecule has 0 bridgehead atoms. The van der Waals surface area contributed by atoms with E-state index < -0.39 is 45.8 Å². The van der Waals surface area contributed by atoms with Crippen LogP contribution in [0, 0.1) is 11.3 Å². The van der Waals surface area contributed by atoms with Crippen LogP contribution >= 0.6 is 0 Å². The summed E-state index contributed by atoms with van der Waals surface area (Å²) in [4.78, 5) is 31.3. The lowest BCUT2D eigenvalue weighted by molar-refractivity contribution is -0.147. The number of rotatable bonds is 10. The zero-order valence-corrected chi connectivity index (χ0v) is 22.7. The predicted octanol–water partition coefficient (Wildman–Crippen LogP) is 1.62. The highest BCUT2D eigenvalue weighted by atomic mass is 32.2. The van der Waals surface area contributed by atoms with Crippen molar-refractivity contribution in [1.82, 2.24) is 19.0 Å². The molecular weight excluding hydrogens is 556 g/mol. The zero-order valence-electron chi connectivity index (χ0n) is 21.9. The van der Waals surface area contributed by atoms with E-state index in [-0.39, 0.29) is 40.5 Å². The van der Waals surface area contributed by atoms with Crippen molar-refractivity contribution >= 4 is 44.6 Å². The number of aromatic amines is 1. The highest BCUT2D eigenvalue weighted by Gasteiger charge is 2.48. The molecule has 2 unspecified atom stereocenters. The van der Waals surface area contributed by atoms with Gasteiger partial charge in [0.05, 0.1) is 23.4 Å². The molecule has 0 fully saturated rings. The quantitative estimate of drug-likeness (QED) is 0.0972. The van der Waals surface area contributed by atoms with Gasteiger partial charge in [0.25, 0.3) is 10.2 Å². The number of nitrogen functional groups attached to an aromatic ring is 1. The minimum Gasteiger partial charge on any atom is -0.509 e. The monoisotopic (exact) mass is 584 g/mol. The maximum atomic E-state index is 13.3. The van der Waals surface area contributed by atoms with Crippen LogP contribution in [0.2, 0.25) is 0 Å². The van der Waals surface area contributed by atoms with E-state index in [0.29, 0.717) is 16.6 Å². The molecule has 216 valence electrons. The predicted molar refractivity (Wildman–Crippen MR) is 148 cm³/mol. The van der Waals surface area contributed by atoms with Crippen LogP contribution in [0.1, 0.15) is 29.8 Å². The Bertz CT molecular complexity index is 1740. The molecule has 2 atom stereocenters. The third-order valence-corrected chi connectivity index (χ3v) is 8.27. The maximum absolute atomic E-state index is 13.3. The lowest BCUT2D eigenvalue weighted by Crippen LogP contribution is -2.52. The van der Waals surface area contributed by atoms with Gasteiger partial charge in [0.2, 0.25) is 0 Å². The number of nitrogens with one attached hydrogen (secondary N) is 3. The van der Waals surface area contributed by atoms with Gasteiger partial charge in [-0.3, -0.25) is 15.0 Å². The van der Waals surface area contributed by atoms with Crippen molar-refractivity contribution in [3.8, 4) is 5.75 Å². The van der Waals surface area contributed by atoms with E-state index in [1.165, 1.54) is 50.5 Å². The molecule has 15 heteroatoms. The molecule has 0 amide bonds. The molecule has 0 aliphatic heterocycles. The smallest absolute Gasteiger partial charge is 0.311 e. The average molecular weight is 585 g/mol. The van der Waals surface area contributed by atoms with Crippen LogP contribution < -0.4 is 10.5 Å². The normalized spacial score (nSPS) is 18.4. The third-order valence-electron chi connectivity index (χ3n) is 6.73. The van der Waals surface area contributed by atoms with Crippen molar-refractivity contribution in [2.24, 2.45) is 11.7 Å². The Kier molecular flexibility index (Phi) is 7.62. The van der Waals surface area contributed by atoms with Gasteiger partial charge in [0.1, 0.15) is 23.2 Å². The fraction of sp³-hybridized carbons (Fsp3) is 0.231. The van der Waals surface area contributed by atoms with Crippen LogP contribution in [0.3, 0.4) is 0 Å². The Morgan fingerprint density at radius 3 is 2.46 bits per heavy atom. The number of aromatic hydroxyl groups is 1. The van der Waals surface area contributed by atoms with Crippen LogP contribution in [0.5, 0.6) is 5.75 Å². The van der Waals surface area contributed by atoms with Crippen LogP contribution in [-0.2, 0) is 25.3 Å². The molecule has 4 rings (SSSR count). The number of aliphatic carboxylic acids is 2. The minimum absolute atomic E-state index is 0.0522. The Hall–Kier alpha value is -4.73. The SMILES string of the molecule is CN(C)S(=O)(=O)NC1(c2nc3ccc(C(=N)N)cc3[nH]2)C=C(C(CC(=O)O)C(=O)O)CC(c2ccccc2O)=C1O. The number of phenolic OH excluding ortho intramolecular Hbond substituents is 1. The van der Waals surface area contributed by atoms with Gasteiger partial charge in [0.15, 0.2) is 5.54 Å². The fourth-order valence-corrected chi connectivity index (χ4v) is 5.46. The van der Waals surface area contributed by atoms with Crippen molar-refractivity contribution < 1.29 is 38.4 Å². The molecule has 1 aliphatic rings. The Balaban J connectivity index is 2.12. The van der Waals surface area contributed by atoms with Crippen molar-refractivity contribution in [1.29, 1.82) is 5.41 Å². The number of benzene rings is 2. The number of amidine groups is 1. The minimum atomic E-state index is -4.40. The summed E-state index contributed by atoms with van der Waals surface area (Å²) < 4.78 is 29.8. The van der Waals surface area contributed by atoms with E-state index in [0.717, 1.165) is 10.4 Å². The molecule has 9 N–H and O–H groups in total. The summed E-state index contributed by atoms with van der Waals surface area (Å²) in [6, 6.07) is 10.4. The van der Waals surface area contributed by atoms with Crippen molar-refractivity contribution in [3.05, 3.63) is 76.8 Å². The van der Waals surface area contributed by atoms with Crippen molar-refractivity contribution in [2.45, 2.75) is 18.4 Å². The second-order valence-electron chi connectivity index (χ2n) is 9.66. The first kappa shape index (κ1) is 29.3. The molecule has 1 aliphatic carbocycles. The highest BCUT2D eigenvalue weighted by Crippen LogP contribution is 2.46. The summed E-state index contributed by atoms with van der Waals surface area (Å²) in [5.74, 6) is -5.88. The number of H-pyrrole nitrogens is 1. The third kappa shape index (κ3) is 5.50. The molecule has 3 aromatic rings. The van der Waals surface area contributed by atoms with E-state index in [9.17, 15) is 38.4 Å². The number of nitrogens with two attached hydrogens (primary N) is 1. The summed E-state index contributed by atoms with van der Waals surface area (Å²) in [5, 5.41) is 49.6. The van der Waals surface area contributed by atoms with Gasteiger partial charge < -0.3 is 31.1 Å². The zero-order chi connectivity index (χ0) is 30.3. The molecule has 41 heavy (non-hydrogen) atoms. The second-order valence-corrected chi connectivity index (χ2v) is 11.5. The standard InChI is InChI=1S/C26H28N6O8S/c1-32(2)41(39,40)31-26(25-29-18-8-7-13(23(27)28)10-19(18)30-25)12-14(16(24(37)38)11-21(34)35)9-17(22(26)36)15-5-3-4-6-20(15)33/h3-8,10,12,16,31,33,36H,9,11H2,1-2H3,(H3,27,28)(H,29,30)(H,34,35)(H,37,38). The van der Waals surface area contributed by atoms with Gasteiger partial charge in [-0.1, -0.05) is 23.8 Å². The van der Waals surface area contributed by atoms with E-state index in [1.807, 2.05) is 0 Å². The number of nitrogens with zero attached hydrogens (tertiary/aromatic N) is 2. The summed E-state index contributed by atoms with van der Waals surface area (Å²) in [7, 11) is -1.94. The second kappa shape index (κ2) is 10.7. The summed E-state index contributed by atoms with van der Waals surface area (Å²) >= 11 is 0. The number of aliphatic hydroxyl groups excluding tert-OH is 1. The topological polar surface area (TPSA) is 243 Å². The Morgan fingerprint density at radius 2 is 1.88 bits per heavy atom. The number of para-hydroxylation sites is 1. The molecule has 1 heterocycles. The van der Waals surface area contributed by atoms with Crippen LogP contribution in [-0.4, -0.2) is 75.0 Å². The molecular formula is C26H28N6O8S. The first-order valence-electron chi connectivity index (χ1n) is 12.1. The van der Waals surface area contributed by atoms with E-state index in [4.69, 9.17) is 11.1 Å². The number of carboxylic acids is 2. The van der Waals surface area contributed by atoms with E-state index in [2.05, 4.69) is 14.7 Å². The fourth-order valence-electron chi connectivity index (χ4n) is 4.62. The van der Waals surface area contributed by atoms with Gasteiger partial charge >= 0.3 is 11.9 Å². The molecule has 0 saturated carbocycles. The lowest BCUT2D eigenvalue weighted by Gasteiger charge is -2.37. The number of imidazole rings is 1. The number of phenols is 1. The molecule has 0 saturated heterocycles. The number of allylic oxidation sites excluding steroid dienone is 1. The van der Waals surface area contributed by atoms with Crippen LogP contribution in [0.4, 0.5) is 0 Å². The van der Waals surface area contributed by atoms with Crippen molar-refractivity contribution in [3.63, 3.8) is 0 Å². The molecule has 1 aromatic heterocycles. The van der Waals surface area contributed by atoms with Crippen LogP contribution in [0.15, 0.2) is 59.9 Å². The number of carboxylic acid groups (broad SMARTS) is 2. The Morgan fingerprint density at radius 1 is 1.20 bits per heavy atom. The largest absolute Gasteiger partial charge is 0.509 e. The first-order valence-corrected chi connectivity index (χ1v) is 13.5. The molecule has 0 spiro atoms. The summed E-state index contributed by atoms with van der Waals surface area (Å²) in [6.45, 7) is 0. The number of hydrogen-bond donors (Lipinski definition) is 8. The van der Waals surface area contributed by atoms with Gasteiger partial charge in [-0.05, 0) is 36.8 Å². The molecule has 14 nitrogen and oxygen atoms in total. The van der Waals surface area contributed by atoms with Gasteiger partial charge in [0, 0.05) is 30.8 Å². The highest BCUT2D eigenvalue weighted by molar-refractivity contribution is 7.87. The van der Waals surface area contributed by atoms with E-state index in [1.54, 1.807) is 6.07 Å². The number of carbonyl (C=O) groups is 2.